The van der Waals surface area contributed by atoms with Crippen molar-refractivity contribution in [1.29, 1.82) is 0 Å². The Labute approximate surface area is 107 Å². The molecule has 3 heteroatoms. The first kappa shape index (κ1) is 12.6. The topological polar surface area (TPSA) is 34.9 Å². The number of aromatic nitrogens is 2. The standard InChI is InChI=1S/C15H18N2O/c1-11(18)13-10-14(12-8-6-5-7-9-12)17(16-13)15(2,3)4/h5-10H,1-4H3. The molecule has 0 unspecified atom stereocenters. The molecule has 0 saturated heterocycles. The number of nitrogens with zero attached hydrogens (tertiary/aromatic N) is 2. The van der Waals surface area contributed by atoms with Crippen LogP contribution in [-0.2, 0) is 5.54 Å². The molecule has 0 aliphatic rings. The van der Waals surface area contributed by atoms with E-state index in [2.05, 4.69) is 25.9 Å². The predicted octanol–water partition coefficient (Wildman–Crippen LogP) is 3.51. The normalized spacial score (nSPS) is 11.6. The van der Waals surface area contributed by atoms with Gasteiger partial charge in [0, 0.05) is 6.92 Å². The number of carbonyl (C=O) groups excluding carboxylic acids is 1. The van der Waals surface area contributed by atoms with Gasteiger partial charge in [-0.1, -0.05) is 30.3 Å². The van der Waals surface area contributed by atoms with E-state index in [0.717, 1.165) is 11.3 Å². The molecule has 94 valence electrons. The molecule has 1 aromatic carbocycles. The zero-order valence-corrected chi connectivity index (χ0v) is 11.3. The van der Waals surface area contributed by atoms with E-state index in [1.54, 1.807) is 6.92 Å². The smallest absolute Gasteiger partial charge is 0.180 e. The molecule has 0 bridgehead atoms. The fourth-order valence-electron chi connectivity index (χ4n) is 1.88. The maximum Gasteiger partial charge on any atom is 0.180 e. The molecule has 3 nitrogen and oxygen atoms in total. The quantitative estimate of drug-likeness (QED) is 0.755. The molecule has 1 heterocycles. The summed E-state index contributed by atoms with van der Waals surface area (Å²) in [6.07, 6.45) is 0. The summed E-state index contributed by atoms with van der Waals surface area (Å²) in [6, 6.07) is 11.9. The van der Waals surface area contributed by atoms with E-state index >= 15 is 0 Å². The van der Waals surface area contributed by atoms with Crippen LogP contribution in [-0.4, -0.2) is 15.6 Å². The fourth-order valence-corrected chi connectivity index (χ4v) is 1.88. The Bertz CT molecular complexity index is 562. The van der Waals surface area contributed by atoms with Crippen molar-refractivity contribution in [2.75, 3.05) is 0 Å². The van der Waals surface area contributed by atoms with Gasteiger partial charge in [-0.25, -0.2) is 0 Å². The highest BCUT2D eigenvalue weighted by atomic mass is 16.1. The molecule has 2 aromatic rings. The molecule has 0 radical (unpaired) electrons. The maximum absolute atomic E-state index is 11.5. The average molecular weight is 242 g/mol. The van der Waals surface area contributed by atoms with Crippen LogP contribution in [0.25, 0.3) is 11.3 Å². The summed E-state index contributed by atoms with van der Waals surface area (Å²) in [6.45, 7) is 7.78. The summed E-state index contributed by atoms with van der Waals surface area (Å²) in [5.74, 6) is -0.00446. The first-order chi connectivity index (χ1) is 8.39. The van der Waals surface area contributed by atoms with Crippen molar-refractivity contribution < 1.29 is 4.79 Å². The zero-order chi connectivity index (χ0) is 13.3. The number of Topliss-reactive ketones (excluding diaryl/α,β-unsaturated/α-hetero) is 1. The molecule has 1 aromatic heterocycles. The molecule has 0 N–H and O–H groups in total. The monoisotopic (exact) mass is 242 g/mol. The molecule has 0 saturated carbocycles. The minimum atomic E-state index is -0.154. The van der Waals surface area contributed by atoms with Crippen molar-refractivity contribution in [3.8, 4) is 11.3 Å². The van der Waals surface area contributed by atoms with Crippen LogP contribution in [0.5, 0.6) is 0 Å². The third kappa shape index (κ3) is 2.35. The van der Waals surface area contributed by atoms with Crippen molar-refractivity contribution in [2.45, 2.75) is 33.2 Å². The molecule has 0 spiro atoms. The van der Waals surface area contributed by atoms with E-state index in [-0.39, 0.29) is 11.3 Å². The van der Waals surface area contributed by atoms with Crippen LogP contribution >= 0.6 is 0 Å². The summed E-state index contributed by atoms with van der Waals surface area (Å²) < 4.78 is 1.92. The Kier molecular flexibility index (Phi) is 3.07. The summed E-state index contributed by atoms with van der Waals surface area (Å²) in [5, 5.41) is 4.42. The van der Waals surface area contributed by atoms with Gasteiger partial charge >= 0.3 is 0 Å². The molecule has 0 atom stereocenters. The van der Waals surface area contributed by atoms with Gasteiger partial charge in [-0.15, -0.1) is 0 Å². The second kappa shape index (κ2) is 4.41. The SMILES string of the molecule is CC(=O)c1cc(-c2ccccc2)n(C(C)(C)C)n1. The van der Waals surface area contributed by atoms with Crippen molar-refractivity contribution in [3.05, 3.63) is 42.1 Å². The Morgan fingerprint density at radius 1 is 1.17 bits per heavy atom. The molecule has 2 rings (SSSR count). The third-order valence-corrected chi connectivity index (χ3v) is 2.78. The second-order valence-electron chi connectivity index (χ2n) is 5.42. The maximum atomic E-state index is 11.5. The lowest BCUT2D eigenvalue weighted by atomic mass is 10.1. The van der Waals surface area contributed by atoms with Crippen molar-refractivity contribution in [3.63, 3.8) is 0 Å². The number of ketones is 1. The van der Waals surface area contributed by atoms with Gasteiger partial charge in [0.1, 0.15) is 5.69 Å². The molecule has 0 aliphatic carbocycles. The number of hydrogen-bond donors (Lipinski definition) is 0. The van der Waals surface area contributed by atoms with Gasteiger partial charge in [-0.3, -0.25) is 9.48 Å². The molecular formula is C15H18N2O. The zero-order valence-electron chi connectivity index (χ0n) is 11.3. The Morgan fingerprint density at radius 2 is 1.78 bits per heavy atom. The lowest BCUT2D eigenvalue weighted by molar-refractivity contribution is 0.101. The molecule has 0 aliphatic heterocycles. The molecule has 0 amide bonds. The van der Waals surface area contributed by atoms with Crippen LogP contribution in [0.2, 0.25) is 0 Å². The Morgan fingerprint density at radius 3 is 2.28 bits per heavy atom. The Hall–Kier alpha value is -1.90. The third-order valence-electron chi connectivity index (χ3n) is 2.78. The van der Waals surface area contributed by atoms with Crippen molar-refractivity contribution in [2.24, 2.45) is 0 Å². The van der Waals surface area contributed by atoms with Gasteiger partial charge in [0.15, 0.2) is 5.78 Å². The lowest BCUT2D eigenvalue weighted by Crippen LogP contribution is -2.24. The van der Waals surface area contributed by atoms with Crippen LogP contribution in [0.15, 0.2) is 36.4 Å². The minimum absolute atomic E-state index is 0.00446. The number of benzene rings is 1. The summed E-state index contributed by atoms with van der Waals surface area (Å²) in [5.41, 5.74) is 2.42. The van der Waals surface area contributed by atoms with Crippen LogP contribution < -0.4 is 0 Å². The van der Waals surface area contributed by atoms with Crippen molar-refractivity contribution in [1.82, 2.24) is 9.78 Å². The summed E-state index contributed by atoms with van der Waals surface area (Å²) in [7, 11) is 0. The Balaban J connectivity index is 2.62. The largest absolute Gasteiger partial charge is 0.293 e. The van der Waals surface area contributed by atoms with Gasteiger partial charge in [0.2, 0.25) is 0 Å². The van der Waals surface area contributed by atoms with Gasteiger partial charge < -0.3 is 0 Å². The summed E-state index contributed by atoms with van der Waals surface area (Å²) in [4.78, 5) is 11.5. The second-order valence-corrected chi connectivity index (χ2v) is 5.42. The van der Waals surface area contributed by atoms with Crippen molar-refractivity contribution >= 4 is 5.78 Å². The molecule has 18 heavy (non-hydrogen) atoms. The first-order valence-electron chi connectivity index (χ1n) is 6.06. The highest BCUT2D eigenvalue weighted by Gasteiger charge is 2.21. The molecule has 0 fully saturated rings. The van der Waals surface area contributed by atoms with E-state index in [1.807, 2.05) is 41.1 Å². The van der Waals surface area contributed by atoms with Gasteiger partial charge in [0.05, 0.1) is 11.2 Å². The highest BCUT2D eigenvalue weighted by molar-refractivity contribution is 5.93. The van der Waals surface area contributed by atoms with Crippen LogP contribution in [0, 0.1) is 0 Å². The number of hydrogen-bond acceptors (Lipinski definition) is 2. The number of carbonyl (C=O) groups is 1. The highest BCUT2D eigenvalue weighted by Crippen LogP contribution is 2.26. The minimum Gasteiger partial charge on any atom is -0.293 e. The van der Waals surface area contributed by atoms with Gasteiger partial charge in [-0.2, -0.15) is 5.10 Å². The lowest BCUT2D eigenvalue weighted by Gasteiger charge is -2.22. The van der Waals surface area contributed by atoms with Gasteiger partial charge in [0.25, 0.3) is 0 Å². The fraction of sp³-hybridized carbons (Fsp3) is 0.333. The average Bonchev–Trinajstić information content (AvgIpc) is 2.74. The van der Waals surface area contributed by atoms with Crippen LogP contribution in [0.3, 0.4) is 0 Å². The number of rotatable bonds is 2. The predicted molar refractivity (Wildman–Crippen MR) is 72.7 cm³/mol. The van der Waals surface area contributed by atoms with E-state index in [0.29, 0.717) is 5.69 Å². The van der Waals surface area contributed by atoms with Crippen LogP contribution in [0.1, 0.15) is 38.2 Å². The van der Waals surface area contributed by atoms with E-state index in [9.17, 15) is 4.79 Å². The van der Waals surface area contributed by atoms with E-state index in [4.69, 9.17) is 0 Å². The summed E-state index contributed by atoms with van der Waals surface area (Å²) >= 11 is 0. The van der Waals surface area contributed by atoms with E-state index in [1.165, 1.54) is 0 Å². The van der Waals surface area contributed by atoms with Crippen LogP contribution in [0.4, 0.5) is 0 Å². The van der Waals surface area contributed by atoms with Gasteiger partial charge in [-0.05, 0) is 32.4 Å². The first-order valence-corrected chi connectivity index (χ1v) is 6.06. The molecular weight excluding hydrogens is 224 g/mol. The van der Waals surface area contributed by atoms with E-state index < -0.39 is 0 Å².